The van der Waals surface area contributed by atoms with Crippen molar-refractivity contribution in [3.8, 4) is 0 Å². The molecule has 1 saturated carbocycles. The Bertz CT molecular complexity index is 762. The Morgan fingerprint density at radius 3 is 2.81 bits per heavy atom. The maximum atomic E-state index is 14.3. The second kappa shape index (κ2) is 4.53. The lowest BCUT2D eigenvalue weighted by atomic mass is 10.1. The summed E-state index contributed by atoms with van der Waals surface area (Å²) in [5.74, 6) is -0.0586. The smallest absolute Gasteiger partial charge is 0.191 e. The van der Waals surface area contributed by atoms with Crippen LogP contribution in [-0.2, 0) is 0 Å². The minimum absolute atomic E-state index is 0.170. The molecule has 0 bridgehead atoms. The van der Waals surface area contributed by atoms with Crippen molar-refractivity contribution in [2.75, 3.05) is 25.0 Å². The minimum atomic E-state index is -0.414. The van der Waals surface area contributed by atoms with Gasteiger partial charge in [-0.05, 0) is 26.0 Å². The standard InChI is InChI=1S/C15H17FN4O/c1-17-9-7-19(8-9)15-12(16)6-11-13(21)4-5-20(10-2-3-10)14(11)18-15/h4-6,9-10,17H,2-3,7-8H2,1H3. The number of fused-ring (bicyclic) bond motifs is 1. The summed E-state index contributed by atoms with van der Waals surface area (Å²) in [5.41, 5.74) is 0.436. The normalized spacial score (nSPS) is 19.0. The molecule has 0 amide bonds. The molecule has 1 aliphatic heterocycles. The van der Waals surface area contributed by atoms with Crippen LogP contribution in [0.15, 0.2) is 23.1 Å². The number of hydrogen-bond donors (Lipinski definition) is 1. The average molecular weight is 288 g/mol. The lowest BCUT2D eigenvalue weighted by Gasteiger charge is -2.40. The third kappa shape index (κ3) is 2.01. The van der Waals surface area contributed by atoms with Crippen molar-refractivity contribution >= 4 is 16.9 Å². The van der Waals surface area contributed by atoms with Crippen molar-refractivity contribution in [1.29, 1.82) is 0 Å². The Hall–Kier alpha value is -1.95. The summed E-state index contributed by atoms with van der Waals surface area (Å²) < 4.78 is 16.3. The molecule has 110 valence electrons. The fourth-order valence-corrected chi connectivity index (χ4v) is 2.86. The van der Waals surface area contributed by atoms with E-state index in [1.807, 2.05) is 16.5 Å². The van der Waals surface area contributed by atoms with Crippen LogP contribution in [0.25, 0.3) is 11.0 Å². The van der Waals surface area contributed by atoms with Crippen LogP contribution in [-0.4, -0.2) is 35.7 Å². The Balaban J connectivity index is 1.83. The van der Waals surface area contributed by atoms with E-state index < -0.39 is 5.82 Å². The SMILES string of the molecule is CNC1CN(c2nc3c(cc2F)c(=O)ccn3C2CC2)C1. The monoisotopic (exact) mass is 288 g/mol. The third-order valence-corrected chi connectivity index (χ3v) is 4.36. The van der Waals surface area contributed by atoms with Crippen LogP contribution in [0.5, 0.6) is 0 Å². The highest BCUT2D eigenvalue weighted by atomic mass is 19.1. The molecule has 0 aromatic carbocycles. The number of nitrogens with one attached hydrogen (secondary N) is 1. The number of hydrogen-bond acceptors (Lipinski definition) is 4. The topological polar surface area (TPSA) is 50.2 Å². The van der Waals surface area contributed by atoms with Crippen molar-refractivity contribution in [2.45, 2.75) is 24.9 Å². The molecular formula is C15H17FN4O. The van der Waals surface area contributed by atoms with Crippen molar-refractivity contribution in [3.05, 3.63) is 34.4 Å². The number of halogens is 1. The van der Waals surface area contributed by atoms with E-state index in [1.54, 1.807) is 6.20 Å². The Morgan fingerprint density at radius 1 is 1.38 bits per heavy atom. The molecule has 1 aliphatic carbocycles. The zero-order chi connectivity index (χ0) is 14.6. The van der Waals surface area contributed by atoms with E-state index in [0.717, 1.165) is 25.9 Å². The van der Waals surface area contributed by atoms with Gasteiger partial charge in [-0.15, -0.1) is 0 Å². The van der Waals surface area contributed by atoms with Gasteiger partial charge in [-0.2, -0.15) is 0 Å². The molecule has 2 aliphatic rings. The molecule has 5 nitrogen and oxygen atoms in total. The first kappa shape index (κ1) is 12.8. The number of anilines is 1. The summed E-state index contributed by atoms with van der Waals surface area (Å²) in [6.45, 7) is 1.48. The third-order valence-electron chi connectivity index (χ3n) is 4.36. The summed E-state index contributed by atoms with van der Waals surface area (Å²) in [6.07, 6.45) is 3.97. The molecule has 0 unspecified atom stereocenters. The maximum Gasteiger partial charge on any atom is 0.191 e. The average Bonchev–Trinajstić information content (AvgIpc) is 3.24. The molecule has 2 aromatic rings. The Kier molecular flexibility index (Phi) is 2.75. The number of nitrogens with zero attached hydrogens (tertiary/aromatic N) is 3. The Labute approximate surface area is 121 Å². The Morgan fingerprint density at radius 2 is 2.14 bits per heavy atom. The fourth-order valence-electron chi connectivity index (χ4n) is 2.86. The molecule has 21 heavy (non-hydrogen) atoms. The molecule has 1 saturated heterocycles. The number of rotatable bonds is 3. The van der Waals surface area contributed by atoms with Crippen molar-refractivity contribution < 1.29 is 4.39 Å². The molecule has 4 rings (SSSR count). The first-order valence-corrected chi connectivity index (χ1v) is 7.31. The lowest BCUT2D eigenvalue weighted by molar-refractivity contribution is 0.439. The fraction of sp³-hybridized carbons (Fsp3) is 0.467. The van der Waals surface area contributed by atoms with Crippen LogP contribution >= 0.6 is 0 Å². The van der Waals surface area contributed by atoms with Crippen LogP contribution in [0.2, 0.25) is 0 Å². The van der Waals surface area contributed by atoms with Crippen LogP contribution < -0.4 is 15.6 Å². The predicted molar refractivity (Wildman–Crippen MR) is 79.3 cm³/mol. The molecule has 3 heterocycles. The first-order chi connectivity index (χ1) is 10.2. The van der Waals surface area contributed by atoms with Gasteiger partial charge < -0.3 is 14.8 Å². The number of likely N-dealkylation sites (N-methyl/N-ethyl adjacent to an activating group) is 1. The van der Waals surface area contributed by atoms with Gasteiger partial charge in [-0.1, -0.05) is 0 Å². The molecule has 2 fully saturated rings. The van der Waals surface area contributed by atoms with Crippen LogP contribution in [0.3, 0.4) is 0 Å². The molecule has 0 spiro atoms. The predicted octanol–water partition coefficient (Wildman–Crippen LogP) is 1.28. The zero-order valence-corrected chi connectivity index (χ0v) is 11.8. The lowest BCUT2D eigenvalue weighted by Crippen LogP contribution is -2.57. The minimum Gasteiger partial charge on any atom is -0.351 e. The summed E-state index contributed by atoms with van der Waals surface area (Å²) >= 11 is 0. The van der Waals surface area contributed by atoms with Crippen molar-refractivity contribution in [2.24, 2.45) is 0 Å². The van der Waals surface area contributed by atoms with Gasteiger partial charge in [-0.25, -0.2) is 9.37 Å². The molecule has 6 heteroatoms. The van der Waals surface area contributed by atoms with E-state index in [0.29, 0.717) is 28.9 Å². The van der Waals surface area contributed by atoms with Crippen molar-refractivity contribution in [3.63, 3.8) is 0 Å². The second-order valence-electron chi connectivity index (χ2n) is 5.87. The van der Waals surface area contributed by atoms with Gasteiger partial charge in [0.2, 0.25) is 0 Å². The summed E-state index contributed by atoms with van der Waals surface area (Å²) in [7, 11) is 1.90. The maximum absolute atomic E-state index is 14.3. The van der Waals surface area contributed by atoms with Gasteiger partial charge in [0.15, 0.2) is 17.1 Å². The van der Waals surface area contributed by atoms with Crippen LogP contribution in [0.1, 0.15) is 18.9 Å². The molecular weight excluding hydrogens is 271 g/mol. The molecule has 2 aromatic heterocycles. The molecule has 0 atom stereocenters. The largest absolute Gasteiger partial charge is 0.351 e. The van der Waals surface area contributed by atoms with E-state index in [-0.39, 0.29) is 5.43 Å². The zero-order valence-electron chi connectivity index (χ0n) is 11.8. The molecule has 0 radical (unpaired) electrons. The van der Waals surface area contributed by atoms with E-state index in [2.05, 4.69) is 10.3 Å². The van der Waals surface area contributed by atoms with E-state index in [4.69, 9.17) is 0 Å². The van der Waals surface area contributed by atoms with E-state index >= 15 is 0 Å². The van der Waals surface area contributed by atoms with Gasteiger partial charge in [0.05, 0.1) is 5.39 Å². The van der Waals surface area contributed by atoms with Crippen molar-refractivity contribution in [1.82, 2.24) is 14.9 Å². The van der Waals surface area contributed by atoms with Crippen LogP contribution in [0, 0.1) is 5.82 Å². The van der Waals surface area contributed by atoms with E-state index in [1.165, 1.54) is 12.1 Å². The van der Waals surface area contributed by atoms with Gasteiger partial charge in [-0.3, -0.25) is 4.79 Å². The highest BCUT2D eigenvalue weighted by molar-refractivity contribution is 5.77. The first-order valence-electron chi connectivity index (χ1n) is 7.31. The van der Waals surface area contributed by atoms with Gasteiger partial charge >= 0.3 is 0 Å². The number of pyridine rings is 2. The highest BCUT2D eigenvalue weighted by Gasteiger charge is 2.30. The van der Waals surface area contributed by atoms with Gasteiger partial charge in [0.25, 0.3) is 0 Å². The summed E-state index contributed by atoms with van der Waals surface area (Å²) in [6, 6.07) is 3.62. The highest BCUT2D eigenvalue weighted by Crippen LogP contribution is 2.36. The number of aromatic nitrogens is 2. The molecule has 1 N–H and O–H groups in total. The van der Waals surface area contributed by atoms with Gasteiger partial charge in [0.1, 0.15) is 5.65 Å². The van der Waals surface area contributed by atoms with Gasteiger partial charge in [0, 0.05) is 37.4 Å². The second-order valence-corrected chi connectivity index (χ2v) is 5.87. The summed E-state index contributed by atoms with van der Waals surface area (Å²) in [4.78, 5) is 18.3. The van der Waals surface area contributed by atoms with Crippen LogP contribution in [0.4, 0.5) is 10.2 Å². The van der Waals surface area contributed by atoms with E-state index in [9.17, 15) is 9.18 Å². The quantitative estimate of drug-likeness (QED) is 0.924. The summed E-state index contributed by atoms with van der Waals surface area (Å²) in [5, 5.41) is 3.53.